The molecule has 12 heavy (non-hydrogen) atoms. The first kappa shape index (κ1) is 11.7. The molecule has 0 spiro atoms. The van der Waals surface area contributed by atoms with Gasteiger partial charge in [0.25, 0.3) is 0 Å². The maximum absolute atomic E-state index is 5.76. The molecule has 0 amide bonds. The van der Waals surface area contributed by atoms with Crippen molar-refractivity contribution in [3.63, 3.8) is 0 Å². The summed E-state index contributed by atoms with van der Waals surface area (Å²) < 4.78 is 5.76. The van der Waals surface area contributed by atoms with Gasteiger partial charge in [-0.2, -0.15) is 0 Å². The molecule has 0 aromatic rings. The van der Waals surface area contributed by atoms with Crippen molar-refractivity contribution in [2.75, 3.05) is 0 Å². The quantitative estimate of drug-likeness (QED) is 0.575. The molecule has 0 saturated heterocycles. The van der Waals surface area contributed by atoms with E-state index in [2.05, 4.69) is 41.2 Å². The highest BCUT2D eigenvalue weighted by molar-refractivity contribution is 4.99. The van der Waals surface area contributed by atoms with E-state index in [0.29, 0.717) is 12.0 Å². The molecular weight excluding hydrogens is 148 g/mol. The van der Waals surface area contributed by atoms with E-state index < -0.39 is 0 Å². The average molecular weight is 170 g/mol. The summed E-state index contributed by atoms with van der Waals surface area (Å²) in [6.07, 6.45) is 1.53. The molecule has 1 nitrogen and oxygen atoms in total. The fourth-order valence-electron chi connectivity index (χ4n) is 0.863. The summed E-state index contributed by atoms with van der Waals surface area (Å²) in [5, 5.41) is 0. The standard InChI is InChI=1S/C11H22O/c1-7-9(4)11(6)12-10(5)8(2)3/h8,10-11H,4,7H2,1-3,5-6H3. The SMILES string of the molecule is C=C(CC)C(C)OC(C)C(C)C. The van der Waals surface area contributed by atoms with Crippen molar-refractivity contribution < 1.29 is 4.74 Å². The zero-order valence-electron chi connectivity index (χ0n) is 9.05. The Kier molecular flexibility index (Phi) is 5.23. The lowest BCUT2D eigenvalue weighted by Crippen LogP contribution is -2.22. The molecule has 0 rings (SSSR count). The van der Waals surface area contributed by atoms with Crippen LogP contribution in [-0.2, 0) is 4.74 Å². The maximum Gasteiger partial charge on any atom is 0.0757 e. The minimum atomic E-state index is 0.201. The third kappa shape index (κ3) is 3.91. The number of rotatable bonds is 5. The number of hydrogen-bond acceptors (Lipinski definition) is 1. The molecular formula is C11H22O. The Morgan fingerprint density at radius 1 is 1.25 bits per heavy atom. The molecule has 2 unspecified atom stereocenters. The van der Waals surface area contributed by atoms with Crippen molar-refractivity contribution in [3.8, 4) is 0 Å². The Hall–Kier alpha value is -0.300. The molecule has 1 heteroatoms. The van der Waals surface area contributed by atoms with Crippen molar-refractivity contribution in [3.05, 3.63) is 12.2 Å². The van der Waals surface area contributed by atoms with E-state index in [1.54, 1.807) is 0 Å². The minimum Gasteiger partial charge on any atom is -0.371 e. The second-order valence-corrected chi connectivity index (χ2v) is 3.74. The van der Waals surface area contributed by atoms with Gasteiger partial charge in [0.15, 0.2) is 0 Å². The molecule has 0 saturated carbocycles. The summed E-state index contributed by atoms with van der Waals surface area (Å²) >= 11 is 0. The average Bonchev–Trinajstić information content (AvgIpc) is 2.02. The summed E-state index contributed by atoms with van der Waals surface area (Å²) in [4.78, 5) is 0. The van der Waals surface area contributed by atoms with E-state index in [0.717, 1.165) is 6.42 Å². The summed E-state index contributed by atoms with van der Waals surface area (Å²) in [5.74, 6) is 0.581. The van der Waals surface area contributed by atoms with Crippen LogP contribution in [0.25, 0.3) is 0 Å². The van der Waals surface area contributed by atoms with Gasteiger partial charge in [-0.1, -0.05) is 27.4 Å². The van der Waals surface area contributed by atoms with Crippen LogP contribution in [0.5, 0.6) is 0 Å². The Morgan fingerprint density at radius 3 is 2.08 bits per heavy atom. The highest BCUT2D eigenvalue weighted by atomic mass is 16.5. The van der Waals surface area contributed by atoms with Gasteiger partial charge in [0.05, 0.1) is 12.2 Å². The third-order valence-corrected chi connectivity index (χ3v) is 2.39. The highest BCUT2D eigenvalue weighted by Gasteiger charge is 2.12. The lowest BCUT2D eigenvalue weighted by atomic mass is 10.1. The Balaban J connectivity index is 3.83. The van der Waals surface area contributed by atoms with Crippen LogP contribution in [0.15, 0.2) is 12.2 Å². The number of ether oxygens (including phenoxy) is 1. The molecule has 0 aliphatic heterocycles. The lowest BCUT2D eigenvalue weighted by molar-refractivity contribution is 0.000935. The zero-order valence-corrected chi connectivity index (χ0v) is 9.05. The van der Waals surface area contributed by atoms with Crippen molar-refractivity contribution >= 4 is 0 Å². The fraction of sp³-hybridized carbons (Fsp3) is 0.818. The Bertz CT molecular complexity index is 138. The van der Waals surface area contributed by atoms with E-state index in [-0.39, 0.29) is 6.10 Å². The van der Waals surface area contributed by atoms with Crippen LogP contribution < -0.4 is 0 Å². The monoisotopic (exact) mass is 170 g/mol. The molecule has 0 N–H and O–H groups in total. The largest absolute Gasteiger partial charge is 0.371 e. The van der Waals surface area contributed by atoms with E-state index in [1.807, 2.05) is 0 Å². The van der Waals surface area contributed by atoms with Crippen molar-refractivity contribution in [2.24, 2.45) is 5.92 Å². The van der Waals surface area contributed by atoms with Crippen LogP contribution in [0.1, 0.15) is 41.0 Å². The van der Waals surface area contributed by atoms with Gasteiger partial charge in [0.2, 0.25) is 0 Å². The van der Waals surface area contributed by atoms with Crippen LogP contribution in [0.4, 0.5) is 0 Å². The molecule has 0 fully saturated rings. The summed E-state index contributed by atoms with van der Waals surface area (Å²) in [5.41, 5.74) is 1.18. The predicted octanol–water partition coefficient (Wildman–Crippen LogP) is 3.40. The predicted molar refractivity (Wildman–Crippen MR) is 54.3 cm³/mol. The zero-order chi connectivity index (χ0) is 9.72. The second-order valence-electron chi connectivity index (χ2n) is 3.74. The highest BCUT2D eigenvalue weighted by Crippen LogP contribution is 2.14. The molecule has 2 atom stereocenters. The molecule has 72 valence electrons. The van der Waals surface area contributed by atoms with Gasteiger partial charge < -0.3 is 4.74 Å². The van der Waals surface area contributed by atoms with Gasteiger partial charge >= 0.3 is 0 Å². The number of hydrogen-bond donors (Lipinski definition) is 0. The van der Waals surface area contributed by atoms with Crippen molar-refractivity contribution in [2.45, 2.75) is 53.2 Å². The van der Waals surface area contributed by atoms with Crippen LogP contribution in [0.2, 0.25) is 0 Å². The molecule has 0 aromatic heterocycles. The van der Waals surface area contributed by atoms with Gasteiger partial charge in [-0.15, -0.1) is 0 Å². The van der Waals surface area contributed by atoms with Crippen LogP contribution >= 0.6 is 0 Å². The van der Waals surface area contributed by atoms with E-state index >= 15 is 0 Å². The van der Waals surface area contributed by atoms with Gasteiger partial charge in [-0.05, 0) is 31.8 Å². The van der Waals surface area contributed by atoms with E-state index in [1.165, 1.54) is 5.57 Å². The summed E-state index contributed by atoms with van der Waals surface area (Å²) in [7, 11) is 0. The van der Waals surface area contributed by atoms with Gasteiger partial charge in [0.1, 0.15) is 0 Å². The second kappa shape index (κ2) is 5.36. The van der Waals surface area contributed by atoms with E-state index in [4.69, 9.17) is 4.74 Å². The van der Waals surface area contributed by atoms with Crippen molar-refractivity contribution in [1.29, 1.82) is 0 Å². The molecule has 0 aliphatic rings. The summed E-state index contributed by atoms with van der Waals surface area (Å²) in [6, 6.07) is 0. The first-order valence-electron chi connectivity index (χ1n) is 4.82. The van der Waals surface area contributed by atoms with Gasteiger partial charge in [-0.3, -0.25) is 0 Å². The molecule has 0 bridgehead atoms. The van der Waals surface area contributed by atoms with Crippen molar-refractivity contribution in [1.82, 2.24) is 0 Å². The van der Waals surface area contributed by atoms with E-state index in [9.17, 15) is 0 Å². The normalized spacial score (nSPS) is 16.2. The smallest absolute Gasteiger partial charge is 0.0757 e. The van der Waals surface area contributed by atoms with Crippen LogP contribution in [0, 0.1) is 5.92 Å². The Labute approximate surface area is 76.8 Å². The molecule has 0 aliphatic carbocycles. The molecule has 0 heterocycles. The minimum absolute atomic E-state index is 0.201. The maximum atomic E-state index is 5.76. The lowest BCUT2D eigenvalue weighted by Gasteiger charge is -2.22. The first-order chi connectivity index (χ1) is 5.49. The first-order valence-corrected chi connectivity index (χ1v) is 4.82. The molecule has 0 radical (unpaired) electrons. The molecule has 0 aromatic carbocycles. The third-order valence-electron chi connectivity index (χ3n) is 2.39. The summed E-state index contributed by atoms with van der Waals surface area (Å²) in [6.45, 7) is 14.6. The van der Waals surface area contributed by atoms with Gasteiger partial charge in [-0.25, -0.2) is 0 Å². The topological polar surface area (TPSA) is 9.23 Å². The Morgan fingerprint density at radius 2 is 1.75 bits per heavy atom. The fourth-order valence-corrected chi connectivity index (χ4v) is 0.863. The van der Waals surface area contributed by atoms with Gasteiger partial charge in [0, 0.05) is 0 Å². The van der Waals surface area contributed by atoms with Crippen LogP contribution in [0.3, 0.4) is 0 Å². The van der Waals surface area contributed by atoms with Crippen LogP contribution in [-0.4, -0.2) is 12.2 Å².